The van der Waals surface area contributed by atoms with E-state index in [4.69, 9.17) is 16.3 Å². The van der Waals surface area contributed by atoms with Crippen molar-refractivity contribution in [3.05, 3.63) is 52.3 Å². The van der Waals surface area contributed by atoms with Crippen LogP contribution in [0.25, 0.3) is 10.2 Å². The summed E-state index contributed by atoms with van der Waals surface area (Å²) in [6, 6.07) is 11.5. The van der Waals surface area contributed by atoms with Gasteiger partial charge in [0.1, 0.15) is 6.54 Å². The fraction of sp³-hybridized carbons (Fsp3) is 0.222. The van der Waals surface area contributed by atoms with Gasteiger partial charge in [0, 0.05) is 9.92 Å². The summed E-state index contributed by atoms with van der Waals surface area (Å²) in [5.41, 5.74) is 0.723. The summed E-state index contributed by atoms with van der Waals surface area (Å²) < 4.78 is 36.9. The Morgan fingerprint density at radius 2 is 1.96 bits per heavy atom. The summed E-state index contributed by atoms with van der Waals surface area (Å²) in [4.78, 5) is 13.3. The predicted octanol–water partition coefficient (Wildman–Crippen LogP) is 3.93. The first-order valence-corrected chi connectivity index (χ1v) is 12.1. The summed E-state index contributed by atoms with van der Waals surface area (Å²) in [6.45, 7) is 1.84. The molecule has 0 amide bonds. The second kappa shape index (κ2) is 8.69. The minimum atomic E-state index is -3.97. The maximum absolute atomic E-state index is 12.7. The summed E-state index contributed by atoms with van der Waals surface area (Å²) in [5.74, 6) is -0.457. The number of halogens is 1. The number of carbonyl (C=O) groups is 1. The molecule has 0 aliphatic heterocycles. The third kappa shape index (κ3) is 4.60. The van der Waals surface area contributed by atoms with Crippen molar-refractivity contribution < 1.29 is 17.9 Å². The lowest BCUT2D eigenvalue weighted by Gasteiger charge is -2.05. The number of ether oxygens (including phenoxy) is 1. The molecule has 6 nitrogen and oxygen atoms in total. The maximum atomic E-state index is 12.7. The van der Waals surface area contributed by atoms with E-state index < -0.39 is 16.0 Å². The molecule has 0 bridgehead atoms. The minimum absolute atomic E-state index is 0.0295. The molecule has 0 spiro atoms. The lowest BCUT2D eigenvalue weighted by atomic mass is 10.3. The van der Waals surface area contributed by atoms with Gasteiger partial charge >= 0.3 is 5.97 Å². The Hall–Kier alpha value is -1.81. The molecule has 2 aromatic carbocycles. The average molecular weight is 457 g/mol. The molecule has 10 heteroatoms. The molecule has 1 aromatic heterocycles. The number of nitrogens with zero attached hydrogens (tertiary/aromatic N) is 2. The average Bonchev–Trinajstić information content (AvgIpc) is 2.97. The highest BCUT2D eigenvalue weighted by molar-refractivity contribution is 7.98. The number of benzene rings is 2. The van der Waals surface area contributed by atoms with Gasteiger partial charge in [-0.05, 0) is 55.6 Å². The summed E-state index contributed by atoms with van der Waals surface area (Å²) in [6.07, 6.45) is 1.96. The Morgan fingerprint density at radius 3 is 2.61 bits per heavy atom. The van der Waals surface area contributed by atoms with E-state index in [1.54, 1.807) is 23.3 Å². The molecular formula is C18H17ClN2O4S3. The van der Waals surface area contributed by atoms with Crippen LogP contribution in [-0.4, -0.2) is 31.8 Å². The molecule has 3 aromatic rings. The lowest BCUT2D eigenvalue weighted by molar-refractivity contribution is -0.143. The fourth-order valence-electron chi connectivity index (χ4n) is 2.50. The topological polar surface area (TPSA) is 77.7 Å². The first kappa shape index (κ1) is 20.9. The van der Waals surface area contributed by atoms with Crippen LogP contribution in [0.1, 0.15) is 6.92 Å². The largest absolute Gasteiger partial charge is 0.465 e. The molecule has 0 unspecified atom stereocenters. The second-order valence-electron chi connectivity index (χ2n) is 5.63. The Labute approximate surface area is 175 Å². The fourth-order valence-corrected chi connectivity index (χ4v) is 5.41. The van der Waals surface area contributed by atoms with Gasteiger partial charge in [0.15, 0.2) is 0 Å². The summed E-state index contributed by atoms with van der Waals surface area (Å²) in [7, 11) is -3.97. The smallest absolute Gasteiger partial charge is 0.326 e. The molecule has 0 saturated carbocycles. The van der Waals surface area contributed by atoms with E-state index in [0.29, 0.717) is 5.02 Å². The van der Waals surface area contributed by atoms with E-state index in [9.17, 15) is 13.2 Å². The predicted molar refractivity (Wildman–Crippen MR) is 112 cm³/mol. The van der Waals surface area contributed by atoms with Crippen LogP contribution in [0.4, 0.5) is 0 Å². The van der Waals surface area contributed by atoms with Crippen LogP contribution >= 0.6 is 34.7 Å². The quantitative estimate of drug-likeness (QED) is 0.415. The number of thiazole rings is 1. The third-order valence-corrected chi connectivity index (χ3v) is 7.21. The lowest BCUT2D eigenvalue weighted by Crippen LogP contribution is -2.23. The molecule has 0 fully saturated rings. The van der Waals surface area contributed by atoms with E-state index in [-0.39, 0.29) is 22.8 Å². The van der Waals surface area contributed by atoms with Gasteiger partial charge in [0.05, 0.1) is 21.7 Å². The second-order valence-corrected chi connectivity index (χ2v) is 9.56. The van der Waals surface area contributed by atoms with E-state index in [2.05, 4.69) is 4.40 Å². The SMILES string of the molecule is CCOC(=O)Cn1c(=NS(=O)(=O)c2ccc(Cl)cc2)sc2cc(SC)ccc21. The van der Waals surface area contributed by atoms with Crippen LogP contribution in [0.5, 0.6) is 0 Å². The van der Waals surface area contributed by atoms with Crippen molar-refractivity contribution in [1.82, 2.24) is 4.57 Å². The standard InChI is InChI=1S/C18H17ClN2O4S3/c1-3-25-17(22)11-21-15-9-6-13(26-2)10-16(15)27-18(21)20-28(23,24)14-7-4-12(19)5-8-14/h4-10H,3,11H2,1-2H3. The molecule has 0 atom stereocenters. The number of esters is 1. The van der Waals surface area contributed by atoms with Crippen LogP contribution in [0.2, 0.25) is 5.02 Å². The van der Waals surface area contributed by atoms with Crippen molar-refractivity contribution in [3.63, 3.8) is 0 Å². The van der Waals surface area contributed by atoms with Gasteiger partial charge in [0.25, 0.3) is 10.0 Å². The van der Waals surface area contributed by atoms with Gasteiger partial charge < -0.3 is 9.30 Å². The Morgan fingerprint density at radius 1 is 1.25 bits per heavy atom. The van der Waals surface area contributed by atoms with Gasteiger partial charge in [-0.15, -0.1) is 16.2 Å². The van der Waals surface area contributed by atoms with Crippen molar-refractivity contribution in [2.24, 2.45) is 4.40 Å². The highest BCUT2D eigenvalue weighted by atomic mass is 35.5. The number of aromatic nitrogens is 1. The van der Waals surface area contributed by atoms with Crippen LogP contribution in [0, 0.1) is 0 Å². The molecule has 0 N–H and O–H groups in total. The van der Waals surface area contributed by atoms with Crippen molar-refractivity contribution in [2.45, 2.75) is 23.3 Å². The highest BCUT2D eigenvalue weighted by Crippen LogP contribution is 2.25. The first-order valence-electron chi connectivity index (χ1n) is 8.23. The van der Waals surface area contributed by atoms with Gasteiger partial charge in [-0.1, -0.05) is 22.9 Å². The van der Waals surface area contributed by atoms with E-state index in [0.717, 1.165) is 15.1 Å². The molecule has 148 valence electrons. The minimum Gasteiger partial charge on any atom is -0.465 e. The molecule has 1 heterocycles. The number of hydrogen-bond acceptors (Lipinski definition) is 6. The van der Waals surface area contributed by atoms with E-state index in [1.807, 2.05) is 24.5 Å². The number of sulfonamides is 1. The number of hydrogen-bond donors (Lipinski definition) is 0. The summed E-state index contributed by atoms with van der Waals surface area (Å²) in [5, 5.41) is 0.433. The first-order chi connectivity index (χ1) is 13.3. The number of rotatable bonds is 6. The van der Waals surface area contributed by atoms with Crippen LogP contribution in [0.3, 0.4) is 0 Å². The van der Waals surface area contributed by atoms with Gasteiger partial charge in [-0.25, -0.2) is 0 Å². The zero-order valence-corrected chi connectivity index (χ0v) is 18.3. The molecular weight excluding hydrogens is 440 g/mol. The molecule has 3 rings (SSSR count). The Kier molecular flexibility index (Phi) is 6.49. The third-order valence-electron chi connectivity index (χ3n) is 3.79. The van der Waals surface area contributed by atoms with E-state index in [1.165, 1.54) is 35.6 Å². The number of fused-ring (bicyclic) bond motifs is 1. The van der Waals surface area contributed by atoms with Gasteiger partial charge in [-0.3, -0.25) is 4.79 Å². The molecule has 28 heavy (non-hydrogen) atoms. The Balaban J connectivity index is 2.18. The zero-order chi connectivity index (χ0) is 20.3. The van der Waals surface area contributed by atoms with Crippen LogP contribution in [0.15, 0.2) is 56.7 Å². The molecule has 0 radical (unpaired) electrons. The van der Waals surface area contributed by atoms with Crippen molar-refractivity contribution in [2.75, 3.05) is 12.9 Å². The summed E-state index contributed by atoms with van der Waals surface area (Å²) >= 11 is 8.62. The van der Waals surface area contributed by atoms with E-state index >= 15 is 0 Å². The normalized spacial score (nSPS) is 12.5. The molecule has 0 aliphatic carbocycles. The van der Waals surface area contributed by atoms with Crippen molar-refractivity contribution in [3.8, 4) is 0 Å². The van der Waals surface area contributed by atoms with Gasteiger partial charge in [0.2, 0.25) is 4.80 Å². The number of thioether (sulfide) groups is 1. The Bertz CT molecular complexity index is 1180. The number of carbonyl (C=O) groups excluding carboxylic acids is 1. The monoisotopic (exact) mass is 456 g/mol. The van der Waals surface area contributed by atoms with Crippen LogP contribution < -0.4 is 4.80 Å². The molecule has 0 saturated heterocycles. The van der Waals surface area contributed by atoms with Gasteiger partial charge in [-0.2, -0.15) is 8.42 Å². The zero-order valence-electron chi connectivity index (χ0n) is 15.1. The van der Waals surface area contributed by atoms with Crippen LogP contribution in [-0.2, 0) is 26.1 Å². The highest BCUT2D eigenvalue weighted by Gasteiger charge is 2.17. The van der Waals surface area contributed by atoms with Crippen molar-refractivity contribution >= 4 is 60.9 Å². The van der Waals surface area contributed by atoms with Crippen molar-refractivity contribution in [1.29, 1.82) is 0 Å². The molecule has 0 aliphatic rings. The maximum Gasteiger partial charge on any atom is 0.326 e.